The third-order valence-electron chi connectivity index (χ3n) is 7.78. The molecule has 168 valence electrons. The Balaban J connectivity index is 1.46. The van der Waals surface area contributed by atoms with Crippen LogP contribution in [0.4, 0.5) is 10.2 Å². The molecule has 0 radical (unpaired) electrons. The van der Waals surface area contributed by atoms with Crippen LogP contribution in [-0.2, 0) is 0 Å². The van der Waals surface area contributed by atoms with Gasteiger partial charge >= 0.3 is 0 Å². The number of fused-ring (bicyclic) bond motifs is 4. The summed E-state index contributed by atoms with van der Waals surface area (Å²) in [5, 5.41) is 4.49. The number of nitrogens with zero attached hydrogens (tertiary/aromatic N) is 3. The summed E-state index contributed by atoms with van der Waals surface area (Å²) >= 11 is 0. The highest BCUT2D eigenvalue weighted by Crippen LogP contribution is 2.46. The third-order valence-corrected chi connectivity index (χ3v) is 7.78. The number of benzene rings is 1. The SMILES string of the molecule is Cc1nc2[nH]cc(-c3nc(NC4C5CCC(CC5)C4C)cc(-c4ccccc4)n3)c2cc1F. The maximum atomic E-state index is 14.4. The monoisotopic (exact) mass is 441 g/mol. The quantitative estimate of drug-likeness (QED) is 0.386. The number of hydrogen-bond acceptors (Lipinski definition) is 4. The Morgan fingerprint density at radius 3 is 2.48 bits per heavy atom. The average molecular weight is 442 g/mol. The van der Waals surface area contributed by atoms with Crippen molar-refractivity contribution in [3.05, 3.63) is 60.2 Å². The fourth-order valence-corrected chi connectivity index (χ4v) is 5.87. The van der Waals surface area contributed by atoms with Crippen LogP contribution in [0.15, 0.2) is 48.7 Å². The average Bonchev–Trinajstić information content (AvgIpc) is 3.25. The second kappa shape index (κ2) is 7.94. The van der Waals surface area contributed by atoms with E-state index in [0.29, 0.717) is 40.4 Å². The molecule has 0 aliphatic heterocycles. The van der Waals surface area contributed by atoms with E-state index in [1.165, 1.54) is 31.7 Å². The van der Waals surface area contributed by atoms with Gasteiger partial charge in [0.05, 0.1) is 11.4 Å². The lowest BCUT2D eigenvalue weighted by Crippen LogP contribution is -2.47. The van der Waals surface area contributed by atoms with Gasteiger partial charge in [-0.25, -0.2) is 19.3 Å². The normalized spacial score (nSPS) is 24.3. The van der Waals surface area contributed by atoms with Gasteiger partial charge in [-0.15, -0.1) is 0 Å². The van der Waals surface area contributed by atoms with Crippen molar-refractivity contribution < 1.29 is 4.39 Å². The van der Waals surface area contributed by atoms with Gasteiger partial charge < -0.3 is 10.3 Å². The first kappa shape index (κ1) is 20.3. The van der Waals surface area contributed by atoms with Gasteiger partial charge in [0.25, 0.3) is 0 Å². The van der Waals surface area contributed by atoms with Crippen molar-refractivity contribution in [2.75, 3.05) is 5.32 Å². The Hall–Kier alpha value is -3.28. The molecule has 3 saturated carbocycles. The molecule has 0 saturated heterocycles. The first-order valence-corrected chi connectivity index (χ1v) is 11.9. The molecular formula is C27H28FN5. The smallest absolute Gasteiger partial charge is 0.164 e. The molecule has 5 nitrogen and oxygen atoms in total. The topological polar surface area (TPSA) is 66.5 Å². The number of nitrogens with one attached hydrogen (secondary N) is 2. The number of aromatic amines is 1. The number of H-pyrrole nitrogens is 1. The summed E-state index contributed by atoms with van der Waals surface area (Å²) in [4.78, 5) is 17.3. The molecule has 6 heteroatoms. The van der Waals surface area contributed by atoms with Crippen molar-refractivity contribution in [2.24, 2.45) is 17.8 Å². The number of hydrogen-bond donors (Lipinski definition) is 2. The summed E-state index contributed by atoms with van der Waals surface area (Å²) in [5.74, 6) is 3.20. The fourth-order valence-electron chi connectivity index (χ4n) is 5.87. The predicted octanol–water partition coefficient (Wildman–Crippen LogP) is 6.37. The summed E-state index contributed by atoms with van der Waals surface area (Å²) in [6.07, 6.45) is 7.12. The first-order valence-electron chi connectivity index (χ1n) is 11.9. The first-order chi connectivity index (χ1) is 16.1. The van der Waals surface area contributed by atoms with Crippen LogP contribution in [-0.4, -0.2) is 26.0 Å². The molecule has 2 unspecified atom stereocenters. The second-order valence-corrected chi connectivity index (χ2v) is 9.69. The van der Waals surface area contributed by atoms with Crippen LogP contribution in [0.25, 0.3) is 33.7 Å². The zero-order valence-electron chi connectivity index (χ0n) is 19.0. The Bertz CT molecular complexity index is 1310. The van der Waals surface area contributed by atoms with E-state index in [0.717, 1.165) is 28.6 Å². The van der Waals surface area contributed by atoms with Gasteiger partial charge in [0, 0.05) is 34.8 Å². The van der Waals surface area contributed by atoms with E-state index in [9.17, 15) is 4.39 Å². The molecule has 2 N–H and O–H groups in total. The van der Waals surface area contributed by atoms with Crippen molar-refractivity contribution in [1.29, 1.82) is 0 Å². The van der Waals surface area contributed by atoms with Crippen LogP contribution in [0.1, 0.15) is 38.3 Å². The Morgan fingerprint density at radius 2 is 1.73 bits per heavy atom. The third kappa shape index (κ3) is 3.58. The van der Waals surface area contributed by atoms with Crippen molar-refractivity contribution in [2.45, 2.75) is 45.6 Å². The second-order valence-electron chi connectivity index (χ2n) is 9.69. The lowest BCUT2D eigenvalue weighted by molar-refractivity contribution is 0.0928. The lowest BCUT2D eigenvalue weighted by Gasteiger charge is -2.47. The van der Waals surface area contributed by atoms with Crippen LogP contribution in [0.3, 0.4) is 0 Å². The minimum absolute atomic E-state index is 0.326. The molecule has 2 atom stereocenters. The van der Waals surface area contributed by atoms with E-state index < -0.39 is 0 Å². The lowest BCUT2D eigenvalue weighted by atomic mass is 9.62. The molecule has 3 aliphatic carbocycles. The maximum absolute atomic E-state index is 14.4. The van der Waals surface area contributed by atoms with Gasteiger partial charge in [0.15, 0.2) is 5.82 Å². The largest absolute Gasteiger partial charge is 0.367 e. The van der Waals surface area contributed by atoms with Crippen LogP contribution in [0.5, 0.6) is 0 Å². The molecule has 3 fully saturated rings. The highest BCUT2D eigenvalue weighted by atomic mass is 19.1. The number of aryl methyl sites for hydroxylation is 1. The number of anilines is 1. The van der Waals surface area contributed by atoms with Gasteiger partial charge in [-0.1, -0.05) is 37.3 Å². The Kier molecular flexibility index (Phi) is 4.89. The molecule has 3 aromatic heterocycles. The standard InChI is InChI=1S/C27H28FN5/c1-15-17-8-10-19(11-9-17)25(15)32-24-13-23(18-6-4-3-5-7-18)31-27(33-24)21-14-29-26-20(21)12-22(28)16(2)30-26/h3-7,12-15,17,19,25H,8-11H2,1-2H3,(H,29,30)(H,31,32,33). The van der Waals surface area contributed by atoms with Gasteiger partial charge in [0.2, 0.25) is 0 Å². The van der Waals surface area contributed by atoms with Gasteiger partial charge in [0.1, 0.15) is 17.3 Å². The van der Waals surface area contributed by atoms with Crippen LogP contribution < -0.4 is 5.32 Å². The number of halogens is 1. The molecule has 33 heavy (non-hydrogen) atoms. The molecule has 2 bridgehead atoms. The zero-order chi connectivity index (χ0) is 22.5. The van der Waals surface area contributed by atoms with Gasteiger partial charge in [-0.2, -0.15) is 0 Å². The van der Waals surface area contributed by atoms with E-state index in [-0.39, 0.29) is 5.82 Å². The Labute approximate surface area is 192 Å². The van der Waals surface area contributed by atoms with Crippen LogP contribution in [0.2, 0.25) is 0 Å². The highest BCUT2D eigenvalue weighted by Gasteiger charge is 2.41. The van der Waals surface area contributed by atoms with Crippen molar-refractivity contribution in [1.82, 2.24) is 19.9 Å². The molecule has 3 aliphatic rings. The molecule has 0 spiro atoms. The number of aromatic nitrogens is 4. The van der Waals surface area contributed by atoms with E-state index >= 15 is 0 Å². The van der Waals surface area contributed by atoms with Gasteiger partial charge in [-0.05, 0) is 56.4 Å². The van der Waals surface area contributed by atoms with Crippen molar-refractivity contribution in [3.63, 3.8) is 0 Å². The number of rotatable bonds is 4. The van der Waals surface area contributed by atoms with E-state index in [1.54, 1.807) is 6.92 Å². The summed E-state index contributed by atoms with van der Waals surface area (Å²) in [7, 11) is 0. The van der Waals surface area contributed by atoms with Crippen LogP contribution >= 0.6 is 0 Å². The fraction of sp³-hybridized carbons (Fsp3) is 0.370. The zero-order valence-corrected chi connectivity index (χ0v) is 19.0. The molecule has 3 heterocycles. The molecule has 4 aromatic rings. The summed E-state index contributed by atoms with van der Waals surface area (Å²) in [6, 6.07) is 14.1. The van der Waals surface area contributed by atoms with Crippen molar-refractivity contribution >= 4 is 16.9 Å². The van der Waals surface area contributed by atoms with E-state index in [4.69, 9.17) is 9.97 Å². The highest BCUT2D eigenvalue weighted by molar-refractivity contribution is 5.92. The molecular weight excluding hydrogens is 413 g/mol. The molecule has 1 aromatic carbocycles. The minimum Gasteiger partial charge on any atom is -0.367 e. The number of pyridine rings is 1. The van der Waals surface area contributed by atoms with Crippen molar-refractivity contribution in [3.8, 4) is 22.6 Å². The minimum atomic E-state index is -0.326. The molecule has 7 rings (SSSR count). The van der Waals surface area contributed by atoms with Crippen LogP contribution in [0, 0.1) is 30.5 Å². The van der Waals surface area contributed by atoms with Gasteiger partial charge in [-0.3, -0.25) is 0 Å². The Morgan fingerprint density at radius 1 is 0.970 bits per heavy atom. The van der Waals surface area contributed by atoms with E-state index in [2.05, 4.69) is 34.3 Å². The predicted molar refractivity (Wildman–Crippen MR) is 129 cm³/mol. The van der Waals surface area contributed by atoms with E-state index in [1.807, 2.05) is 30.5 Å². The summed E-state index contributed by atoms with van der Waals surface area (Å²) in [5.41, 5.74) is 3.66. The summed E-state index contributed by atoms with van der Waals surface area (Å²) < 4.78 is 14.4. The molecule has 0 amide bonds. The summed E-state index contributed by atoms with van der Waals surface area (Å²) in [6.45, 7) is 4.05. The maximum Gasteiger partial charge on any atom is 0.164 e.